The SMILES string of the molecule is CCC1CCN(CC(CBr)c2ccccc2)C1. The molecule has 0 N–H and O–H groups in total. The number of hydrogen-bond donors (Lipinski definition) is 0. The topological polar surface area (TPSA) is 3.24 Å². The average molecular weight is 296 g/mol. The Balaban J connectivity index is 1.92. The Morgan fingerprint density at radius 1 is 1.35 bits per heavy atom. The molecule has 94 valence electrons. The van der Waals surface area contributed by atoms with E-state index in [0.717, 1.165) is 11.2 Å². The second-order valence-corrected chi connectivity index (χ2v) is 5.73. The van der Waals surface area contributed by atoms with Gasteiger partial charge in [-0.15, -0.1) is 0 Å². The van der Waals surface area contributed by atoms with Crippen molar-refractivity contribution in [3.8, 4) is 0 Å². The zero-order chi connectivity index (χ0) is 12.1. The van der Waals surface area contributed by atoms with Gasteiger partial charge in [-0.2, -0.15) is 0 Å². The lowest BCUT2D eigenvalue weighted by Crippen LogP contribution is -2.27. The number of rotatable bonds is 5. The molecule has 1 aliphatic heterocycles. The summed E-state index contributed by atoms with van der Waals surface area (Å²) in [5.74, 6) is 1.56. The van der Waals surface area contributed by atoms with Gasteiger partial charge in [0.2, 0.25) is 0 Å². The Hall–Kier alpha value is -0.340. The molecule has 1 fully saturated rings. The highest BCUT2D eigenvalue weighted by molar-refractivity contribution is 9.09. The van der Waals surface area contributed by atoms with E-state index in [1.165, 1.54) is 38.0 Å². The Kier molecular flexibility index (Phi) is 5.05. The van der Waals surface area contributed by atoms with Crippen LogP contribution in [0.5, 0.6) is 0 Å². The van der Waals surface area contributed by atoms with Gasteiger partial charge in [0.25, 0.3) is 0 Å². The molecule has 17 heavy (non-hydrogen) atoms. The van der Waals surface area contributed by atoms with Gasteiger partial charge in [-0.3, -0.25) is 0 Å². The van der Waals surface area contributed by atoms with Crippen LogP contribution in [0.4, 0.5) is 0 Å². The number of halogens is 1. The largest absolute Gasteiger partial charge is 0.302 e. The van der Waals surface area contributed by atoms with Gasteiger partial charge in [0, 0.05) is 24.3 Å². The summed E-state index contributed by atoms with van der Waals surface area (Å²) in [5.41, 5.74) is 1.46. The molecule has 2 heteroatoms. The number of nitrogens with zero attached hydrogens (tertiary/aromatic N) is 1. The molecule has 2 atom stereocenters. The van der Waals surface area contributed by atoms with Crippen LogP contribution in [0.15, 0.2) is 30.3 Å². The van der Waals surface area contributed by atoms with Gasteiger partial charge in [0.1, 0.15) is 0 Å². The summed E-state index contributed by atoms with van der Waals surface area (Å²) in [4.78, 5) is 2.63. The van der Waals surface area contributed by atoms with Crippen molar-refractivity contribution in [2.75, 3.05) is 25.0 Å². The third-order valence-corrected chi connectivity index (χ3v) is 4.66. The smallest absolute Gasteiger partial charge is 0.0112 e. The second-order valence-electron chi connectivity index (χ2n) is 5.08. The lowest BCUT2D eigenvalue weighted by atomic mass is 10.0. The van der Waals surface area contributed by atoms with Crippen LogP contribution in [0.2, 0.25) is 0 Å². The van der Waals surface area contributed by atoms with Crippen molar-refractivity contribution in [1.29, 1.82) is 0 Å². The molecular formula is C15H22BrN. The Labute approximate surface area is 113 Å². The summed E-state index contributed by atoms with van der Waals surface area (Å²) in [5, 5.41) is 1.06. The van der Waals surface area contributed by atoms with Gasteiger partial charge < -0.3 is 4.90 Å². The van der Waals surface area contributed by atoms with Gasteiger partial charge in [-0.05, 0) is 24.4 Å². The normalized spacial score (nSPS) is 22.8. The molecule has 0 saturated carbocycles. The summed E-state index contributed by atoms with van der Waals surface area (Å²) in [6.07, 6.45) is 2.72. The molecule has 1 aliphatic rings. The summed E-state index contributed by atoms with van der Waals surface area (Å²) < 4.78 is 0. The zero-order valence-electron chi connectivity index (χ0n) is 10.6. The van der Waals surface area contributed by atoms with Crippen molar-refractivity contribution in [2.24, 2.45) is 5.92 Å². The standard InChI is InChI=1S/C15H22BrN/c1-2-13-8-9-17(11-13)12-15(10-16)14-6-4-3-5-7-14/h3-7,13,15H,2,8-12H2,1H3. The van der Waals surface area contributed by atoms with E-state index in [0.29, 0.717) is 5.92 Å². The molecule has 1 aromatic carbocycles. The molecule has 0 aromatic heterocycles. The van der Waals surface area contributed by atoms with Crippen LogP contribution in [-0.2, 0) is 0 Å². The van der Waals surface area contributed by atoms with Gasteiger partial charge in [0.15, 0.2) is 0 Å². The molecule has 1 aromatic rings. The minimum absolute atomic E-state index is 0.631. The first kappa shape index (κ1) is 13.1. The summed E-state index contributed by atoms with van der Waals surface area (Å²) in [6, 6.07) is 10.9. The van der Waals surface area contributed by atoms with Crippen molar-refractivity contribution in [2.45, 2.75) is 25.7 Å². The maximum atomic E-state index is 3.67. The van der Waals surface area contributed by atoms with E-state index in [1.807, 2.05) is 0 Å². The van der Waals surface area contributed by atoms with Crippen LogP contribution in [0, 0.1) is 5.92 Å². The van der Waals surface area contributed by atoms with E-state index in [1.54, 1.807) is 0 Å². The number of benzene rings is 1. The Morgan fingerprint density at radius 2 is 2.12 bits per heavy atom. The van der Waals surface area contributed by atoms with Crippen LogP contribution in [0.25, 0.3) is 0 Å². The molecule has 0 radical (unpaired) electrons. The average Bonchev–Trinajstić information content (AvgIpc) is 2.84. The van der Waals surface area contributed by atoms with E-state index in [9.17, 15) is 0 Å². The van der Waals surface area contributed by atoms with Gasteiger partial charge >= 0.3 is 0 Å². The zero-order valence-corrected chi connectivity index (χ0v) is 12.2. The maximum absolute atomic E-state index is 3.67. The third-order valence-electron chi connectivity index (χ3n) is 3.88. The fourth-order valence-electron chi connectivity index (χ4n) is 2.69. The number of alkyl halides is 1. The predicted octanol–water partition coefficient (Wildman–Crippen LogP) is 3.90. The predicted molar refractivity (Wildman–Crippen MR) is 77.8 cm³/mol. The minimum atomic E-state index is 0.631. The number of hydrogen-bond acceptors (Lipinski definition) is 1. The van der Waals surface area contributed by atoms with E-state index in [-0.39, 0.29) is 0 Å². The molecule has 0 spiro atoms. The molecular weight excluding hydrogens is 274 g/mol. The van der Waals surface area contributed by atoms with E-state index in [4.69, 9.17) is 0 Å². The molecule has 1 nitrogen and oxygen atoms in total. The lowest BCUT2D eigenvalue weighted by Gasteiger charge is -2.22. The monoisotopic (exact) mass is 295 g/mol. The second kappa shape index (κ2) is 6.55. The molecule has 0 bridgehead atoms. The minimum Gasteiger partial charge on any atom is -0.302 e. The quantitative estimate of drug-likeness (QED) is 0.745. The van der Waals surface area contributed by atoms with Crippen molar-refractivity contribution < 1.29 is 0 Å². The highest BCUT2D eigenvalue weighted by atomic mass is 79.9. The highest BCUT2D eigenvalue weighted by Gasteiger charge is 2.23. The van der Waals surface area contributed by atoms with Crippen LogP contribution in [-0.4, -0.2) is 29.9 Å². The van der Waals surface area contributed by atoms with E-state index >= 15 is 0 Å². The molecule has 0 aliphatic carbocycles. The van der Waals surface area contributed by atoms with Crippen molar-refractivity contribution >= 4 is 15.9 Å². The summed E-state index contributed by atoms with van der Waals surface area (Å²) >= 11 is 3.67. The summed E-state index contributed by atoms with van der Waals surface area (Å²) in [7, 11) is 0. The lowest BCUT2D eigenvalue weighted by molar-refractivity contribution is 0.308. The molecule has 2 unspecified atom stereocenters. The van der Waals surface area contributed by atoms with Crippen molar-refractivity contribution in [3.63, 3.8) is 0 Å². The molecule has 1 saturated heterocycles. The highest BCUT2D eigenvalue weighted by Crippen LogP contribution is 2.24. The Morgan fingerprint density at radius 3 is 2.71 bits per heavy atom. The van der Waals surface area contributed by atoms with Crippen molar-refractivity contribution in [3.05, 3.63) is 35.9 Å². The van der Waals surface area contributed by atoms with Gasteiger partial charge in [-0.25, -0.2) is 0 Å². The fraction of sp³-hybridized carbons (Fsp3) is 0.600. The van der Waals surface area contributed by atoms with Crippen LogP contribution in [0.1, 0.15) is 31.2 Å². The van der Waals surface area contributed by atoms with Crippen molar-refractivity contribution in [1.82, 2.24) is 4.90 Å². The molecule has 1 heterocycles. The first-order chi connectivity index (χ1) is 8.33. The first-order valence-corrected chi connectivity index (χ1v) is 7.79. The van der Waals surface area contributed by atoms with Crippen LogP contribution in [0.3, 0.4) is 0 Å². The van der Waals surface area contributed by atoms with Crippen LogP contribution < -0.4 is 0 Å². The molecule has 0 amide bonds. The Bertz CT molecular complexity index is 325. The molecule has 2 rings (SSSR count). The first-order valence-electron chi connectivity index (χ1n) is 6.66. The van der Waals surface area contributed by atoms with E-state index in [2.05, 4.69) is 58.1 Å². The summed E-state index contributed by atoms with van der Waals surface area (Å²) in [6.45, 7) is 6.10. The fourth-order valence-corrected chi connectivity index (χ4v) is 3.27. The van der Waals surface area contributed by atoms with Crippen LogP contribution >= 0.6 is 15.9 Å². The van der Waals surface area contributed by atoms with Gasteiger partial charge in [-0.1, -0.05) is 59.6 Å². The third kappa shape index (κ3) is 3.56. The van der Waals surface area contributed by atoms with Gasteiger partial charge in [0.05, 0.1) is 0 Å². The number of likely N-dealkylation sites (tertiary alicyclic amines) is 1. The maximum Gasteiger partial charge on any atom is 0.0112 e. The van der Waals surface area contributed by atoms with E-state index < -0.39 is 0 Å².